The fourth-order valence-electron chi connectivity index (χ4n) is 3.55. The largest absolute Gasteiger partial charge is 0.374 e. The molecule has 2 rings (SSSR count). The first-order chi connectivity index (χ1) is 11.3. The molecule has 0 aromatic rings. The molecule has 1 aliphatic heterocycles. The lowest BCUT2D eigenvalue weighted by molar-refractivity contribution is -0.132. The van der Waals surface area contributed by atoms with Gasteiger partial charge in [-0.2, -0.15) is 10.5 Å². The van der Waals surface area contributed by atoms with Crippen molar-refractivity contribution in [2.75, 3.05) is 13.2 Å². The molecule has 1 heterocycles. The quantitative estimate of drug-likeness (QED) is 0.805. The van der Waals surface area contributed by atoms with Gasteiger partial charge in [0.1, 0.15) is 12.1 Å². The van der Waals surface area contributed by atoms with Gasteiger partial charge in [0, 0.05) is 5.54 Å². The molecule has 0 aromatic carbocycles. The third kappa shape index (κ3) is 5.57. The van der Waals surface area contributed by atoms with E-state index < -0.39 is 12.1 Å². The van der Waals surface area contributed by atoms with E-state index in [4.69, 9.17) is 4.74 Å². The zero-order valence-electron chi connectivity index (χ0n) is 15.4. The molecule has 6 nitrogen and oxygen atoms in total. The average molecular weight is 369 g/mol. The molecule has 0 bridgehead atoms. The Hall–Kier alpha value is -1.34. The molecule has 2 atom stereocenters. The summed E-state index contributed by atoms with van der Waals surface area (Å²) in [5.74, 6) is -0.160. The molecule has 0 spiro atoms. The van der Waals surface area contributed by atoms with Crippen molar-refractivity contribution in [3.05, 3.63) is 0 Å². The van der Waals surface area contributed by atoms with Crippen LogP contribution in [0.2, 0.25) is 0 Å². The van der Waals surface area contributed by atoms with Crippen molar-refractivity contribution in [2.24, 2.45) is 0 Å². The van der Waals surface area contributed by atoms with Crippen molar-refractivity contribution in [2.45, 2.75) is 82.5 Å². The Bertz CT molecular complexity index is 519. The van der Waals surface area contributed by atoms with Crippen molar-refractivity contribution in [3.8, 4) is 12.1 Å². The number of halogens is 1. The highest BCUT2D eigenvalue weighted by Crippen LogP contribution is 2.31. The summed E-state index contributed by atoms with van der Waals surface area (Å²) in [6.07, 6.45) is 5.39. The second-order valence-electron chi connectivity index (χ2n) is 7.91. The van der Waals surface area contributed by atoms with E-state index in [9.17, 15) is 15.3 Å². The lowest BCUT2D eigenvalue weighted by Gasteiger charge is -2.34. The van der Waals surface area contributed by atoms with E-state index in [1.165, 1.54) is 4.90 Å². The van der Waals surface area contributed by atoms with Crippen LogP contribution in [0, 0.1) is 22.7 Å². The highest BCUT2D eigenvalue weighted by molar-refractivity contribution is 5.85. The van der Waals surface area contributed by atoms with Gasteiger partial charge in [-0.1, -0.05) is 12.8 Å². The molecule has 2 fully saturated rings. The number of nitrogens with one attached hydrogen (secondary N) is 1. The zero-order valence-corrected chi connectivity index (χ0v) is 16.2. The number of carbonyl (C=O) groups excluding carboxylic acids is 1. The number of ether oxygens (including phenoxy) is 1. The molecule has 25 heavy (non-hydrogen) atoms. The van der Waals surface area contributed by atoms with Crippen LogP contribution in [0.15, 0.2) is 0 Å². The van der Waals surface area contributed by atoms with Crippen LogP contribution < -0.4 is 5.32 Å². The fourth-order valence-corrected chi connectivity index (χ4v) is 3.55. The van der Waals surface area contributed by atoms with Crippen LogP contribution in [0.5, 0.6) is 0 Å². The van der Waals surface area contributed by atoms with Crippen LogP contribution in [0.25, 0.3) is 0 Å². The predicted octanol–water partition coefficient (Wildman–Crippen LogP) is 2.53. The van der Waals surface area contributed by atoms with Crippen molar-refractivity contribution < 1.29 is 9.53 Å². The van der Waals surface area contributed by atoms with Crippen LogP contribution in [-0.2, 0) is 9.53 Å². The van der Waals surface area contributed by atoms with Crippen LogP contribution in [0.3, 0.4) is 0 Å². The fraction of sp³-hybridized carbons (Fsp3) is 0.833. The first-order valence-corrected chi connectivity index (χ1v) is 8.80. The van der Waals surface area contributed by atoms with Gasteiger partial charge in [-0.15, -0.1) is 12.4 Å². The summed E-state index contributed by atoms with van der Waals surface area (Å²) in [5, 5.41) is 21.8. The Morgan fingerprint density at radius 2 is 1.72 bits per heavy atom. The number of rotatable bonds is 5. The van der Waals surface area contributed by atoms with Crippen molar-refractivity contribution in [3.63, 3.8) is 0 Å². The van der Waals surface area contributed by atoms with Crippen molar-refractivity contribution in [1.29, 1.82) is 10.5 Å². The predicted molar refractivity (Wildman–Crippen MR) is 97.0 cm³/mol. The first kappa shape index (κ1) is 21.7. The number of likely N-dealkylation sites (tertiary alicyclic amines) is 1. The number of nitriles is 2. The molecule has 1 N–H and O–H groups in total. The first-order valence-electron chi connectivity index (χ1n) is 8.80. The molecule has 1 amide bonds. The standard InChI is InChI=1S/C18H28N4O2.ClH/c1-17(2,3)24-13-18(8-4-5-9-18)21-12-16(23)22-14(10-19)6-7-15(22)11-20;/h14-15,21H,4-9,12-13H2,1-3H3;1H/t14-,15+;. The molecule has 0 aromatic heterocycles. The number of carbonyl (C=O) groups is 1. The van der Waals surface area contributed by atoms with Crippen LogP contribution in [-0.4, -0.2) is 47.2 Å². The van der Waals surface area contributed by atoms with E-state index >= 15 is 0 Å². The molecule has 1 saturated carbocycles. The topological polar surface area (TPSA) is 89.2 Å². The number of hydrogen-bond donors (Lipinski definition) is 1. The van der Waals surface area contributed by atoms with Gasteiger partial charge in [0.2, 0.25) is 5.91 Å². The zero-order chi connectivity index (χ0) is 17.8. The maximum absolute atomic E-state index is 12.6. The summed E-state index contributed by atoms with van der Waals surface area (Å²) < 4.78 is 5.97. The Morgan fingerprint density at radius 3 is 2.16 bits per heavy atom. The molecule has 140 valence electrons. The van der Waals surface area contributed by atoms with Gasteiger partial charge in [0.05, 0.1) is 30.9 Å². The second-order valence-corrected chi connectivity index (χ2v) is 7.91. The lowest BCUT2D eigenvalue weighted by atomic mass is 9.98. The molecule has 1 saturated heterocycles. The van der Waals surface area contributed by atoms with Gasteiger partial charge in [-0.25, -0.2) is 0 Å². The molecule has 0 unspecified atom stereocenters. The van der Waals surface area contributed by atoms with E-state index in [1.54, 1.807) is 0 Å². The Labute approximate surface area is 156 Å². The monoisotopic (exact) mass is 368 g/mol. The summed E-state index contributed by atoms with van der Waals surface area (Å²) in [5.41, 5.74) is -0.388. The van der Waals surface area contributed by atoms with Crippen LogP contribution >= 0.6 is 12.4 Å². The van der Waals surface area contributed by atoms with Gasteiger partial charge < -0.3 is 15.0 Å². The van der Waals surface area contributed by atoms with E-state index in [-0.39, 0.29) is 36.0 Å². The Kier molecular flexibility index (Phi) is 7.68. The highest BCUT2D eigenvalue weighted by atomic mass is 35.5. The molecular weight excluding hydrogens is 340 g/mol. The van der Waals surface area contributed by atoms with E-state index in [0.29, 0.717) is 19.4 Å². The lowest BCUT2D eigenvalue weighted by Crippen LogP contribution is -2.53. The minimum atomic E-state index is -0.477. The van der Waals surface area contributed by atoms with Gasteiger partial charge in [0.25, 0.3) is 0 Å². The summed E-state index contributed by atoms with van der Waals surface area (Å²) in [6, 6.07) is 3.33. The summed E-state index contributed by atoms with van der Waals surface area (Å²) in [4.78, 5) is 14.1. The Balaban J connectivity index is 0.00000312. The van der Waals surface area contributed by atoms with Gasteiger partial charge in [0.15, 0.2) is 0 Å². The number of nitrogens with zero attached hydrogens (tertiary/aromatic N) is 3. The smallest absolute Gasteiger partial charge is 0.238 e. The normalized spacial score (nSPS) is 25.1. The van der Waals surface area contributed by atoms with Gasteiger partial charge in [-0.05, 0) is 46.5 Å². The summed E-state index contributed by atoms with van der Waals surface area (Å²) >= 11 is 0. The van der Waals surface area contributed by atoms with Crippen LogP contribution in [0.1, 0.15) is 59.3 Å². The second kappa shape index (κ2) is 8.85. The number of amides is 1. The maximum atomic E-state index is 12.6. The van der Waals surface area contributed by atoms with Crippen molar-refractivity contribution in [1.82, 2.24) is 10.2 Å². The van der Waals surface area contributed by atoms with E-state index in [0.717, 1.165) is 25.7 Å². The van der Waals surface area contributed by atoms with Gasteiger partial charge >= 0.3 is 0 Å². The third-order valence-corrected chi connectivity index (χ3v) is 4.93. The van der Waals surface area contributed by atoms with Crippen molar-refractivity contribution >= 4 is 18.3 Å². The molecule has 2 aliphatic rings. The van der Waals surface area contributed by atoms with Gasteiger partial charge in [-0.3, -0.25) is 4.79 Å². The Morgan fingerprint density at radius 1 is 1.20 bits per heavy atom. The molecular formula is C18H29ClN4O2. The SMILES string of the molecule is CC(C)(C)OCC1(NCC(=O)N2[C@H](C#N)CC[C@@H]2C#N)CCCC1.Cl. The highest BCUT2D eigenvalue weighted by Gasteiger charge is 2.39. The van der Waals surface area contributed by atoms with E-state index in [2.05, 4.69) is 17.5 Å². The maximum Gasteiger partial charge on any atom is 0.238 e. The third-order valence-electron chi connectivity index (χ3n) is 4.93. The number of hydrogen-bond acceptors (Lipinski definition) is 5. The average Bonchev–Trinajstić information content (AvgIpc) is 3.17. The summed E-state index contributed by atoms with van der Waals surface area (Å²) in [6.45, 7) is 6.82. The van der Waals surface area contributed by atoms with E-state index in [1.807, 2.05) is 20.8 Å². The molecule has 0 radical (unpaired) electrons. The summed E-state index contributed by atoms with van der Waals surface area (Å²) in [7, 11) is 0. The minimum Gasteiger partial charge on any atom is -0.374 e. The minimum absolute atomic E-state index is 0. The molecule has 1 aliphatic carbocycles. The molecule has 7 heteroatoms. The van der Waals surface area contributed by atoms with Crippen LogP contribution in [0.4, 0.5) is 0 Å².